The molecule has 1 aliphatic carbocycles. The van der Waals surface area contributed by atoms with E-state index in [1.807, 2.05) is 38.2 Å². The molecule has 1 N–H and O–H groups in total. The van der Waals surface area contributed by atoms with E-state index >= 15 is 0 Å². The molecule has 0 radical (unpaired) electrons. The molecule has 1 fully saturated rings. The average molecular weight is 787 g/mol. The first-order chi connectivity index (χ1) is 26.7. The van der Waals surface area contributed by atoms with Crippen molar-refractivity contribution in [3.63, 3.8) is 0 Å². The number of nitrogens with zero attached hydrogens (tertiary/aromatic N) is 4. The molecule has 0 amide bonds. The van der Waals surface area contributed by atoms with Gasteiger partial charge in [0.15, 0.2) is 5.78 Å². The number of fused-ring (bicyclic) bond motifs is 8. The number of carbonyl (C=O) groups is 3. The van der Waals surface area contributed by atoms with Crippen LogP contribution >= 0.6 is 0 Å². The van der Waals surface area contributed by atoms with Crippen LogP contribution in [0.4, 0.5) is 0 Å². The fourth-order valence-electron chi connectivity index (χ4n) is 9.12. The Morgan fingerprint density at radius 3 is 2.42 bits per heavy atom. The maximum Gasteiger partial charge on any atom is 2.00 e. The van der Waals surface area contributed by atoms with Gasteiger partial charge in [0, 0.05) is 17.2 Å². The Kier molecular flexibility index (Phi) is 14.3. The van der Waals surface area contributed by atoms with E-state index in [-0.39, 0.29) is 77.4 Å². The third-order valence-electron chi connectivity index (χ3n) is 12.8. The molecule has 4 aliphatic rings. The quantitative estimate of drug-likeness (QED) is 0.116. The first-order valence-electron chi connectivity index (χ1n) is 20.4. The van der Waals surface area contributed by atoms with E-state index in [4.69, 9.17) is 30.1 Å². The Hall–Kier alpha value is -3.80. The molecule has 57 heavy (non-hydrogen) atoms. The molecule has 3 aliphatic heterocycles. The SMILES string of the molecule is CC[C@@H](C)CCC/C(C)=C/COC(=O)CC[C@@H]1C2[N-]C(/C=c3\[n-]/c(c(C(C)=O)c3C)=C\C3=C(C)[C@@H](CC)/C(=C/c4[n-]c5c(c4C)=C(O)[C@H](C(=O)OC)C=52)[N-]3)[C@H]1C.[Mg+2]. The first kappa shape index (κ1) is 44.3. The van der Waals surface area contributed by atoms with Gasteiger partial charge in [0.2, 0.25) is 0 Å². The van der Waals surface area contributed by atoms with Gasteiger partial charge in [-0.15, -0.1) is 45.6 Å². The number of aliphatic hydroxyl groups excluding tert-OH is 1. The van der Waals surface area contributed by atoms with E-state index in [1.54, 1.807) is 6.92 Å². The smallest absolute Gasteiger partial charge is 0.661 e. The van der Waals surface area contributed by atoms with Gasteiger partial charge >= 0.3 is 35.0 Å². The topological polar surface area (TPSA) is 146 Å². The molecular formula is C46H58MgN4O6-2. The van der Waals surface area contributed by atoms with Gasteiger partial charge in [0.1, 0.15) is 18.3 Å². The molecule has 5 heterocycles. The van der Waals surface area contributed by atoms with Gasteiger partial charge in [-0.3, -0.25) is 14.4 Å². The molecule has 7 atom stereocenters. The predicted molar refractivity (Wildman–Crippen MR) is 226 cm³/mol. The van der Waals surface area contributed by atoms with Crippen LogP contribution in [-0.4, -0.2) is 71.7 Å². The summed E-state index contributed by atoms with van der Waals surface area (Å²) >= 11 is 0. The largest absolute Gasteiger partial charge is 2.00 e. The summed E-state index contributed by atoms with van der Waals surface area (Å²) in [7, 11) is 1.32. The molecule has 11 heteroatoms. The number of carbonyl (C=O) groups excluding carboxylic acids is 3. The number of hydrogen-bond donors (Lipinski definition) is 1. The molecule has 1 saturated heterocycles. The predicted octanol–water partition coefficient (Wildman–Crippen LogP) is 5.83. The van der Waals surface area contributed by atoms with E-state index in [0.29, 0.717) is 50.4 Å². The molecular weight excluding hydrogens is 729 g/mol. The molecule has 0 saturated carbocycles. The maximum absolute atomic E-state index is 13.6. The van der Waals surface area contributed by atoms with E-state index in [2.05, 4.69) is 41.5 Å². The molecule has 2 aromatic rings. The molecule has 0 aromatic carbocycles. The second kappa shape index (κ2) is 18.4. The zero-order valence-electron chi connectivity index (χ0n) is 35.5. The number of ketones is 1. The van der Waals surface area contributed by atoms with Crippen LogP contribution in [0, 0.1) is 43.4 Å². The van der Waals surface area contributed by atoms with Crippen LogP contribution in [0.5, 0.6) is 0 Å². The molecule has 302 valence electrons. The van der Waals surface area contributed by atoms with E-state index in [1.165, 1.54) is 25.5 Å². The van der Waals surface area contributed by atoms with Crippen molar-refractivity contribution in [2.75, 3.05) is 13.7 Å². The Balaban J connectivity index is 0.00000620. The number of esters is 2. The summed E-state index contributed by atoms with van der Waals surface area (Å²) < 4.78 is 11.0. The second-order valence-corrected chi connectivity index (χ2v) is 16.4. The van der Waals surface area contributed by atoms with Crippen molar-refractivity contribution >= 4 is 70.3 Å². The van der Waals surface area contributed by atoms with Crippen molar-refractivity contribution in [1.82, 2.24) is 9.97 Å². The van der Waals surface area contributed by atoms with Crippen molar-refractivity contribution in [1.29, 1.82) is 0 Å². The summed E-state index contributed by atoms with van der Waals surface area (Å²) in [5.41, 5.74) is 7.21. The zero-order chi connectivity index (χ0) is 40.6. The van der Waals surface area contributed by atoms with E-state index in [0.717, 1.165) is 47.4 Å². The summed E-state index contributed by atoms with van der Waals surface area (Å²) in [6.45, 7) is 18.5. The minimum atomic E-state index is -1.08. The van der Waals surface area contributed by atoms with E-state index < -0.39 is 17.9 Å². The fraction of sp³-hybridized carbons (Fsp3) is 0.543. The van der Waals surface area contributed by atoms with Crippen LogP contribution in [-0.2, 0) is 19.1 Å². The van der Waals surface area contributed by atoms with Gasteiger partial charge in [-0.2, -0.15) is 5.70 Å². The van der Waals surface area contributed by atoms with Crippen LogP contribution < -0.4 is 31.2 Å². The summed E-state index contributed by atoms with van der Waals surface area (Å²) in [6, 6.07) is -0.956. The van der Waals surface area contributed by atoms with Crippen LogP contribution in [0.2, 0.25) is 0 Å². The first-order valence-corrected chi connectivity index (χ1v) is 20.4. The molecule has 10 nitrogen and oxygen atoms in total. The third-order valence-corrected chi connectivity index (χ3v) is 12.8. The minimum Gasteiger partial charge on any atom is -0.661 e. The summed E-state index contributed by atoms with van der Waals surface area (Å²) in [6.07, 6.45) is 13.8. The Labute approximate surface area is 353 Å². The van der Waals surface area contributed by atoms with Crippen molar-refractivity contribution in [2.45, 2.75) is 119 Å². The Morgan fingerprint density at radius 2 is 1.75 bits per heavy atom. The second-order valence-electron chi connectivity index (χ2n) is 16.4. The van der Waals surface area contributed by atoms with Crippen molar-refractivity contribution in [3.8, 4) is 0 Å². The van der Waals surface area contributed by atoms with Gasteiger partial charge in [0.05, 0.1) is 7.11 Å². The monoisotopic (exact) mass is 786 g/mol. The van der Waals surface area contributed by atoms with Crippen molar-refractivity contribution in [2.24, 2.45) is 29.6 Å². The number of aromatic nitrogens is 2. The van der Waals surface area contributed by atoms with Crippen LogP contribution in [0.25, 0.3) is 40.2 Å². The summed E-state index contributed by atoms with van der Waals surface area (Å²) in [5.74, 6) is -1.73. The number of allylic oxidation sites excluding steroid dienone is 3. The van der Waals surface area contributed by atoms with Gasteiger partial charge in [-0.1, -0.05) is 92.4 Å². The van der Waals surface area contributed by atoms with Crippen molar-refractivity contribution in [3.05, 3.63) is 82.9 Å². The van der Waals surface area contributed by atoms with Crippen LogP contribution in [0.3, 0.4) is 0 Å². The molecule has 2 aromatic heterocycles. The molecule has 0 spiro atoms. The summed E-state index contributed by atoms with van der Waals surface area (Å²) in [5, 5.41) is 24.6. The standard InChI is InChI=1S/C46H58N4O6.Mg/c1-11-23(3)14-13-15-24(4)18-19-56-38(52)17-16-31-26(6)33-20-34-27(7)39(29(9)51)37(48-34)22-32-25(5)30(12-2)36(47-32)21-35-28(8)40-44(50-35)41(43(31)49-33)42(45(40)53)46(54)55-10;/h18,20-23,26,30-31,33,42-43,53H,11-17,19H2,1-10H3;/q-4;+2/b24-18+,34-20-,36-21-,37-22-;/t23-,26+,30-,31+,33?,42-,43?;/m1./s1. The third kappa shape index (κ3) is 8.67. The molecule has 6 rings (SSSR count). The summed E-state index contributed by atoms with van der Waals surface area (Å²) in [4.78, 5) is 50.1. The van der Waals surface area contributed by atoms with Crippen LogP contribution in [0.15, 0.2) is 28.6 Å². The number of rotatable bonds is 13. The number of ether oxygens (including phenoxy) is 2. The van der Waals surface area contributed by atoms with Gasteiger partial charge in [0.25, 0.3) is 0 Å². The van der Waals surface area contributed by atoms with Gasteiger partial charge in [-0.05, 0) is 78.2 Å². The molecule has 8 bridgehead atoms. The van der Waals surface area contributed by atoms with Crippen LogP contribution in [0.1, 0.15) is 121 Å². The average Bonchev–Trinajstić information content (AvgIpc) is 3.90. The normalized spacial score (nSPS) is 26.4. The number of Topliss-reactive ketones (excluding diaryl/α,β-unsaturated/α-hetero) is 1. The number of aliphatic hydroxyl groups is 1. The van der Waals surface area contributed by atoms with Gasteiger partial charge in [-0.25, -0.2) is 0 Å². The minimum absolute atomic E-state index is 0. The molecule has 2 unspecified atom stereocenters. The van der Waals surface area contributed by atoms with Crippen molar-refractivity contribution < 1.29 is 29.0 Å². The zero-order valence-corrected chi connectivity index (χ0v) is 36.9. The fourth-order valence-corrected chi connectivity index (χ4v) is 9.12. The van der Waals surface area contributed by atoms with Gasteiger partial charge < -0.3 is 35.2 Å². The maximum atomic E-state index is 13.6. The Bertz CT molecular complexity index is 2260. The number of methoxy groups -OCH3 is 1. The van der Waals surface area contributed by atoms with E-state index in [9.17, 15) is 19.5 Å². The Morgan fingerprint density at radius 1 is 1.02 bits per heavy atom. The number of hydrogen-bond acceptors (Lipinski definition) is 6.